The van der Waals surface area contributed by atoms with Gasteiger partial charge in [-0.15, -0.1) is 0 Å². The molecule has 0 rings (SSSR count). The van der Waals surface area contributed by atoms with Gasteiger partial charge in [-0.25, -0.2) is 0 Å². The molecule has 1 N–H and O–H groups in total. The van der Waals surface area contributed by atoms with Crippen LogP contribution >= 0.6 is 0 Å². The van der Waals surface area contributed by atoms with Crippen LogP contribution in [-0.4, -0.2) is 5.71 Å². The Morgan fingerprint density at radius 1 is 1.10 bits per heavy atom. The van der Waals surface area contributed by atoms with Crippen LogP contribution in [0.5, 0.6) is 0 Å². The van der Waals surface area contributed by atoms with Gasteiger partial charge in [0.15, 0.2) is 0 Å². The van der Waals surface area contributed by atoms with Crippen LogP contribution in [-0.2, 0) is 0 Å². The highest BCUT2D eigenvalue weighted by Gasteiger charge is 2.16. The van der Waals surface area contributed by atoms with Crippen molar-refractivity contribution < 1.29 is 0 Å². The summed E-state index contributed by atoms with van der Waals surface area (Å²) >= 11 is 0. The van der Waals surface area contributed by atoms with Gasteiger partial charge < -0.3 is 5.41 Å². The van der Waals surface area contributed by atoms with Crippen LogP contribution in [0.2, 0.25) is 0 Å². The average molecular weight is 141 g/mol. The van der Waals surface area contributed by atoms with Gasteiger partial charge in [0.2, 0.25) is 0 Å². The third-order valence-corrected chi connectivity index (χ3v) is 2.52. The van der Waals surface area contributed by atoms with Crippen LogP contribution in [0.1, 0.15) is 34.6 Å². The van der Waals surface area contributed by atoms with E-state index in [1.54, 1.807) is 0 Å². The zero-order valence-electron chi connectivity index (χ0n) is 7.73. The van der Waals surface area contributed by atoms with Crippen LogP contribution in [0.3, 0.4) is 0 Å². The first-order valence-corrected chi connectivity index (χ1v) is 4.01. The van der Waals surface area contributed by atoms with E-state index < -0.39 is 0 Å². The number of nitrogens with one attached hydrogen (secondary N) is 1. The minimum atomic E-state index is 0.444. The van der Waals surface area contributed by atoms with Gasteiger partial charge in [-0.3, -0.25) is 0 Å². The summed E-state index contributed by atoms with van der Waals surface area (Å²) in [5.74, 6) is 1.77. The molecule has 0 aliphatic rings. The molecule has 0 saturated carbocycles. The minimum Gasteiger partial charge on any atom is -0.310 e. The van der Waals surface area contributed by atoms with E-state index in [1.165, 1.54) is 0 Å². The fraction of sp³-hybridized carbons (Fsp3) is 0.889. The van der Waals surface area contributed by atoms with Gasteiger partial charge >= 0.3 is 0 Å². The predicted molar refractivity (Wildman–Crippen MR) is 46.6 cm³/mol. The van der Waals surface area contributed by atoms with Crippen molar-refractivity contribution in [2.45, 2.75) is 34.6 Å². The van der Waals surface area contributed by atoms with E-state index >= 15 is 0 Å². The summed E-state index contributed by atoms with van der Waals surface area (Å²) in [6.07, 6.45) is 0. The molecule has 0 heterocycles. The fourth-order valence-corrected chi connectivity index (χ4v) is 0.972. The highest BCUT2D eigenvalue weighted by atomic mass is 14.4. The van der Waals surface area contributed by atoms with Gasteiger partial charge in [0.05, 0.1) is 0 Å². The standard InChI is InChI=1S/C9H19N/c1-6(2)7(3)8(4)9(5)10/h6-8,10H,1-5H3/t7-,8?/m0/s1. The molecule has 1 nitrogen and oxygen atoms in total. The lowest BCUT2D eigenvalue weighted by molar-refractivity contribution is 0.356. The lowest BCUT2D eigenvalue weighted by atomic mass is 9.84. The molecule has 0 bridgehead atoms. The third-order valence-electron chi connectivity index (χ3n) is 2.52. The van der Waals surface area contributed by atoms with E-state index in [1.807, 2.05) is 6.92 Å². The van der Waals surface area contributed by atoms with Gasteiger partial charge in [0, 0.05) is 5.71 Å². The lowest BCUT2D eigenvalue weighted by Crippen LogP contribution is -2.19. The van der Waals surface area contributed by atoms with Crippen LogP contribution < -0.4 is 0 Å². The van der Waals surface area contributed by atoms with Gasteiger partial charge in [-0.05, 0) is 24.7 Å². The summed E-state index contributed by atoms with van der Waals surface area (Å²) in [6, 6.07) is 0. The lowest BCUT2D eigenvalue weighted by Gasteiger charge is -2.22. The van der Waals surface area contributed by atoms with E-state index in [4.69, 9.17) is 5.41 Å². The maximum Gasteiger partial charge on any atom is 0.00891 e. The maximum absolute atomic E-state index is 7.42. The Labute approximate surface area is 64.3 Å². The van der Waals surface area contributed by atoms with Crippen molar-refractivity contribution >= 4 is 5.71 Å². The molecule has 0 fully saturated rings. The Morgan fingerprint density at radius 2 is 1.50 bits per heavy atom. The molecule has 1 heteroatoms. The van der Waals surface area contributed by atoms with Crippen molar-refractivity contribution in [1.29, 1.82) is 5.41 Å². The first kappa shape index (κ1) is 9.67. The van der Waals surface area contributed by atoms with Gasteiger partial charge in [0.25, 0.3) is 0 Å². The molecule has 0 aromatic carbocycles. The van der Waals surface area contributed by atoms with Crippen molar-refractivity contribution in [2.24, 2.45) is 17.8 Å². The molecule has 0 saturated heterocycles. The van der Waals surface area contributed by atoms with E-state index in [9.17, 15) is 0 Å². The Morgan fingerprint density at radius 3 is 1.60 bits per heavy atom. The van der Waals surface area contributed by atoms with E-state index in [0.717, 1.165) is 5.71 Å². The maximum atomic E-state index is 7.42. The van der Waals surface area contributed by atoms with Crippen molar-refractivity contribution in [3.63, 3.8) is 0 Å². The highest BCUT2D eigenvalue weighted by Crippen LogP contribution is 2.20. The van der Waals surface area contributed by atoms with Crippen LogP contribution in [0.15, 0.2) is 0 Å². The molecular weight excluding hydrogens is 122 g/mol. The molecule has 0 aromatic rings. The van der Waals surface area contributed by atoms with Crippen LogP contribution in [0.25, 0.3) is 0 Å². The second-order valence-corrected chi connectivity index (χ2v) is 3.57. The van der Waals surface area contributed by atoms with Crippen molar-refractivity contribution in [1.82, 2.24) is 0 Å². The summed E-state index contributed by atoms with van der Waals surface area (Å²) in [6.45, 7) is 10.7. The molecule has 0 radical (unpaired) electrons. The molecule has 0 aliphatic carbocycles. The molecule has 10 heavy (non-hydrogen) atoms. The number of rotatable bonds is 3. The van der Waals surface area contributed by atoms with Gasteiger partial charge in [-0.1, -0.05) is 27.7 Å². The molecule has 60 valence electrons. The van der Waals surface area contributed by atoms with E-state index in [-0.39, 0.29) is 0 Å². The zero-order valence-corrected chi connectivity index (χ0v) is 7.73. The fourth-order valence-electron chi connectivity index (χ4n) is 0.972. The summed E-state index contributed by atoms with van der Waals surface area (Å²) in [7, 11) is 0. The Balaban J connectivity index is 3.94. The van der Waals surface area contributed by atoms with Crippen molar-refractivity contribution in [3.05, 3.63) is 0 Å². The summed E-state index contributed by atoms with van der Waals surface area (Å²) in [5.41, 5.74) is 0.807. The van der Waals surface area contributed by atoms with E-state index in [2.05, 4.69) is 27.7 Å². The Bertz CT molecular complexity index is 116. The quantitative estimate of drug-likeness (QED) is 0.584. The van der Waals surface area contributed by atoms with Crippen molar-refractivity contribution in [2.75, 3.05) is 0 Å². The number of hydrogen-bond donors (Lipinski definition) is 1. The Kier molecular flexibility index (Phi) is 3.62. The monoisotopic (exact) mass is 141 g/mol. The van der Waals surface area contributed by atoms with E-state index in [0.29, 0.717) is 17.8 Å². The average Bonchev–Trinajstić information content (AvgIpc) is 1.84. The van der Waals surface area contributed by atoms with Crippen LogP contribution in [0, 0.1) is 23.2 Å². The largest absolute Gasteiger partial charge is 0.310 e. The SMILES string of the molecule is CC(=N)C(C)[C@@H](C)C(C)C. The van der Waals surface area contributed by atoms with Gasteiger partial charge in [-0.2, -0.15) is 0 Å². The first-order valence-electron chi connectivity index (χ1n) is 4.01. The molecule has 0 aliphatic heterocycles. The molecule has 0 aromatic heterocycles. The normalized spacial score (nSPS) is 17.0. The summed E-state index contributed by atoms with van der Waals surface area (Å²) in [4.78, 5) is 0. The predicted octanol–water partition coefficient (Wildman–Crippen LogP) is 2.95. The van der Waals surface area contributed by atoms with Crippen molar-refractivity contribution in [3.8, 4) is 0 Å². The smallest absolute Gasteiger partial charge is 0.00891 e. The summed E-state index contributed by atoms with van der Waals surface area (Å²) in [5, 5.41) is 7.42. The minimum absolute atomic E-state index is 0.444. The van der Waals surface area contributed by atoms with Gasteiger partial charge in [0.1, 0.15) is 0 Å². The second kappa shape index (κ2) is 3.75. The molecule has 0 amide bonds. The number of hydrogen-bond acceptors (Lipinski definition) is 1. The highest BCUT2D eigenvalue weighted by molar-refractivity contribution is 5.81. The third kappa shape index (κ3) is 2.51. The molecular formula is C9H19N. The zero-order chi connectivity index (χ0) is 8.31. The topological polar surface area (TPSA) is 23.9 Å². The van der Waals surface area contributed by atoms with Crippen LogP contribution in [0.4, 0.5) is 0 Å². The molecule has 2 atom stereocenters. The molecule has 0 spiro atoms. The first-order chi connectivity index (χ1) is 4.46. The molecule has 1 unspecified atom stereocenters. The second-order valence-electron chi connectivity index (χ2n) is 3.57. The Hall–Kier alpha value is -0.330. The summed E-state index contributed by atoms with van der Waals surface area (Å²) < 4.78 is 0.